The molecule has 1 heterocycles. The van der Waals surface area contributed by atoms with E-state index in [1.54, 1.807) is 6.07 Å². The van der Waals surface area contributed by atoms with Crippen LogP contribution in [0.15, 0.2) is 18.2 Å². The largest absolute Gasteiger partial charge is 0.494 e. The van der Waals surface area contributed by atoms with Crippen LogP contribution in [0, 0.1) is 11.7 Å². The third-order valence-electron chi connectivity index (χ3n) is 3.83. The number of carbonyl (C=O) groups is 1. The predicted octanol–water partition coefficient (Wildman–Crippen LogP) is 3.61. The first-order valence-corrected chi connectivity index (χ1v) is 6.74. The smallest absolute Gasteiger partial charge is 0.169 e. The van der Waals surface area contributed by atoms with Crippen LogP contribution in [-0.4, -0.2) is 24.1 Å². The molecular weight excluding hydrogens is 259 g/mol. The third kappa shape index (κ3) is 2.70. The van der Waals surface area contributed by atoms with Crippen molar-refractivity contribution in [2.75, 3.05) is 7.11 Å². The average molecular weight is 280 g/mol. The third-order valence-corrected chi connectivity index (χ3v) is 3.83. The number of hydrogen-bond donors (Lipinski definition) is 0. The molecule has 3 nitrogen and oxygen atoms in total. The van der Waals surface area contributed by atoms with Crippen LogP contribution in [-0.2, 0) is 4.74 Å². The Bertz CT molecular complexity index is 535. The topological polar surface area (TPSA) is 35.5 Å². The summed E-state index contributed by atoms with van der Waals surface area (Å²) < 4.78 is 24.5. The zero-order chi connectivity index (χ0) is 15.1. The Hall–Kier alpha value is -1.42. The lowest BCUT2D eigenvalue weighted by Gasteiger charge is -2.26. The summed E-state index contributed by atoms with van der Waals surface area (Å²) in [4.78, 5) is 12.6. The van der Waals surface area contributed by atoms with Gasteiger partial charge in [0.05, 0.1) is 24.2 Å². The first kappa shape index (κ1) is 15.0. The highest BCUT2D eigenvalue weighted by Crippen LogP contribution is 2.43. The molecule has 1 aliphatic rings. The maximum Gasteiger partial charge on any atom is 0.169 e. The summed E-state index contributed by atoms with van der Waals surface area (Å²) in [5, 5.41) is 0. The summed E-state index contributed by atoms with van der Waals surface area (Å²) in [5.74, 6) is -0.731. The lowest BCUT2D eigenvalue weighted by Crippen LogP contribution is -2.33. The van der Waals surface area contributed by atoms with Gasteiger partial charge in [-0.05, 0) is 52.3 Å². The quantitative estimate of drug-likeness (QED) is 0.793. The highest BCUT2D eigenvalue weighted by molar-refractivity contribution is 5.99. The van der Waals surface area contributed by atoms with Crippen molar-refractivity contribution in [2.45, 2.75) is 45.3 Å². The minimum atomic E-state index is -0.545. The Morgan fingerprint density at radius 3 is 2.45 bits per heavy atom. The van der Waals surface area contributed by atoms with Gasteiger partial charge in [0.15, 0.2) is 17.3 Å². The highest BCUT2D eigenvalue weighted by Gasteiger charge is 2.49. The zero-order valence-corrected chi connectivity index (χ0v) is 12.6. The number of ketones is 1. The number of hydrogen-bond acceptors (Lipinski definition) is 3. The normalized spacial score (nSPS) is 23.6. The van der Waals surface area contributed by atoms with Crippen molar-refractivity contribution < 1.29 is 18.7 Å². The molecule has 1 unspecified atom stereocenters. The molecule has 0 N–H and O–H groups in total. The molecule has 0 aromatic heterocycles. The molecule has 1 aliphatic heterocycles. The molecule has 0 saturated carbocycles. The first-order chi connectivity index (χ1) is 9.16. The van der Waals surface area contributed by atoms with E-state index in [1.807, 2.05) is 27.7 Å². The van der Waals surface area contributed by atoms with Gasteiger partial charge in [-0.1, -0.05) is 0 Å². The van der Waals surface area contributed by atoms with E-state index in [0.29, 0.717) is 12.0 Å². The van der Waals surface area contributed by atoms with Gasteiger partial charge in [-0.15, -0.1) is 0 Å². The van der Waals surface area contributed by atoms with Crippen LogP contribution in [0.4, 0.5) is 4.39 Å². The second-order valence-corrected chi connectivity index (χ2v) is 6.44. The number of ether oxygens (including phenoxy) is 2. The molecule has 1 aromatic rings. The highest BCUT2D eigenvalue weighted by atomic mass is 19.1. The van der Waals surface area contributed by atoms with Crippen molar-refractivity contribution in [1.82, 2.24) is 0 Å². The molecule has 0 spiro atoms. The van der Waals surface area contributed by atoms with E-state index in [0.717, 1.165) is 0 Å². The predicted molar refractivity (Wildman–Crippen MR) is 74.6 cm³/mol. The van der Waals surface area contributed by atoms with Crippen molar-refractivity contribution in [3.8, 4) is 5.75 Å². The Balaban J connectivity index is 2.30. The van der Waals surface area contributed by atoms with Gasteiger partial charge >= 0.3 is 0 Å². The monoisotopic (exact) mass is 280 g/mol. The van der Waals surface area contributed by atoms with Gasteiger partial charge in [0.1, 0.15) is 0 Å². The second-order valence-electron chi connectivity index (χ2n) is 6.44. The minimum Gasteiger partial charge on any atom is -0.494 e. The lowest BCUT2D eigenvalue weighted by atomic mass is 9.81. The van der Waals surface area contributed by atoms with E-state index in [4.69, 9.17) is 9.47 Å². The Labute approximate surface area is 119 Å². The van der Waals surface area contributed by atoms with Gasteiger partial charge in [-0.3, -0.25) is 4.79 Å². The average Bonchev–Trinajstić information content (AvgIpc) is 2.56. The van der Waals surface area contributed by atoms with E-state index in [2.05, 4.69) is 0 Å². The molecule has 2 rings (SSSR count). The van der Waals surface area contributed by atoms with Gasteiger partial charge in [-0.2, -0.15) is 0 Å². The van der Waals surface area contributed by atoms with Crippen molar-refractivity contribution in [3.05, 3.63) is 29.6 Å². The fraction of sp³-hybridized carbons (Fsp3) is 0.562. The number of halogens is 1. The lowest BCUT2D eigenvalue weighted by molar-refractivity contribution is -0.0712. The van der Waals surface area contributed by atoms with Crippen molar-refractivity contribution in [1.29, 1.82) is 0 Å². The van der Waals surface area contributed by atoms with Crippen molar-refractivity contribution in [2.24, 2.45) is 5.92 Å². The summed E-state index contributed by atoms with van der Waals surface area (Å²) in [6.45, 7) is 7.75. The molecular formula is C16H21FO3. The summed E-state index contributed by atoms with van der Waals surface area (Å²) in [5.41, 5.74) is -0.520. The Morgan fingerprint density at radius 1 is 1.35 bits per heavy atom. The van der Waals surface area contributed by atoms with Gasteiger partial charge in [0.25, 0.3) is 0 Å². The van der Waals surface area contributed by atoms with Crippen LogP contribution in [0.1, 0.15) is 44.5 Å². The van der Waals surface area contributed by atoms with Gasteiger partial charge in [0.2, 0.25) is 0 Å². The molecule has 20 heavy (non-hydrogen) atoms. The van der Waals surface area contributed by atoms with Crippen LogP contribution in [0.3, 0.4) is 0 Å². The molecule has 1 fully saturated rings. The molecule has 110 valence electrons. The van der Waals surface area contributed by atoms with Gasteiger partial charge < -0.3 is 9.47 Å². The van der Waals surface area contributed by atoms with Gasteiger partial charge in [-0.25, -0.2) is 4.39 Å². The summed E-state index contributed by atoms with van der Waals surface area (Å²) in [6, 6.07) is 4.32. The molecule has 1 aromatic carbocycles. The fourth-order valence-corrected chi connectivity index (χ4v) is 2.99. The molecule has 1 atom stereocenters. The maximum absolute atomic E-state index is 13.7. The SMILES string of the molecule is COc1ccc(C(=O)C2CC(C)(C)OC2(C)C)cc1F. The molecule has 0 amide bonds. The van der Waals surface area contributed by atoms with Crippen LogP contribution in [0.2, 0.25) is 0 Å². The van der Waals surface area contributed by atoms with E-state index in [-0.39, 0.29) is 23.1 Å². The Kier molecular flexibility index (Phi) is 3.63. The second kappa shape index (κ2) is 4.85. The van der Waals surface area contributed by atoms with E-state index >= 15 is 0 Å². The molecule has 0 aliphatic carbocycles. The minimum absolute atomic E-state index is 0.0814. The van der Waals surface area contributed by atoms with Crippen LogP contribution in [0.25, 0.3) is 0 Å². The maximum atomic E-state index is 13.7. The van der Waals surface area contributed by atoms with E-state index in [9.17, 15) is 9.18 Å². The number of carbonyl (C=O) groups excluding carboxylic acids is 1. The van der Waals surface area contributed by atoms with Crippen molar-refractivity contribution in [3.63, 3.8) is 0 Å². The number of rotatable bonds is 3. The van der Waals surface area contributed by atoms with Crippen LogP contribution < -0.4 is 4.74 Å². The first-order valence-electron chi connectivity index (χ1n) is 6.74. The zero-order valence-electron chi connectivity index (χ0n) is 12.6. The molecule has 0 bridgehead atoms. The van der Waals surface area contributed by atoms with E-state index < -0.39 is 11.4 Å². The number of Topliss-reactive ketones (excluding diaryl/α,β-unsaturated/α-hetero) is 1. The molecule has 0 radical (unpaired) electrons. The Morgan fingerprint density at radius 2 is 2.00 bits per heavy atom. The molecule has 4 heteroatoms. The summed E-state index contributed by atoms with van der Waals surface area (Å²) >= 11 is 0. The van der Waals surface area contributed by atoms with Gasteiger partial charge in [0, 0.05) is 5.56 Å². The van der Waals surface area contributed by atoms with Crippen LogP contribution in [0.5, 0.6) is 5.75 Å². The number of methoxy groups -OCH3 is 1. The number of benzene rings is 1. The van der Waals surface area contributed by atoms with Crippen molar-refractivity contribution >= 4 is 5.78 Å². The fourth-order valence-electron chi connectivity index (χ4n) is 2.99. The van der Waals surface area contributed by atoms with E-state index in [1.165, 1.54) is 19.2 Å². The standard InChI is InChI=1S/C16H21FO3/c1-15(2)9-11(16(3,4)20-15)14(18)10-6-7-13(19-5)12(17)8-10/h6-8,11H,9H2,1-5H3. The summed E-state index contributed by atoms with van der Waals surface area (Å²) in [6.07, 6.45) is 0.631. The van der Waals surface area contributed by atoms with Crippen LogP contribution >= 0.6 is 0 Å². The summed E-state index contributed by atoms with van der Waals surface area (Å²) in [7, 11) is 1.40. The molecule has 1 saturated heterocycles.